The average molecular weight is 399 g/mol. The van der Waals surface area contributed by atoms with E-state index >= 15 is 0 Å². The molecule has 0 spiro atoms. The van der Waals surface area contributed by atoms with Gasteiger partial charge in [0.25, 0.3) is 0 Å². The molecule has 0 amide bonds. The number of guanidine groups is 1. The Kier molecular flexibility index (Phi) is 8.80. The molecule has 2 rings (SSSR count). The fourth-order valence-electron chi connectivity index (χ4n) is 3.26. The maximum absolute atomic E-state index is 5.47. The Morgan fingerprint density at radius 2 is 1.76 bits per heavy atom. The van der Waals surface area contributed by atoms with E-state index in [4.69, 9.17) is 9.47 Å². The second-order valence-electron chi connectivity index (χ2n) is 7.20. The number of likely N-dealkylation sites (N-methyl/N-ethyl adjacent to an activating group) is 1. The first-order valence-electron chi connectivity index (χ1n) is 9.87. The summed E-state index contributed by atoms with van der Waals surface area (Å²) in [5.41, 5.74) is 3.65. The monoisotopic (exact) mass is 398 g/mol. The van der Waals surface area contributed by atoms with Gasteiger partial charge in [-0.05, 0) is 56.8 Å². The number of benzene rings is 2. The fourth-order valence-corrected chi connectivity index (χ4v) is 3.26. The van der Waals surface area contributed by atoms with Crippen LogP contribution in [0.5, 0.6) is 11.5 Å². The van der Waals surface area contributed by atoms with E-state index < -0.39 is 0 Å². The molecule has 0 saturated carbocycles. The van der Waals surface area contributed by atoms with Crippen molar-refractivity contribution in [2.45, 2.75) is 19.4 Å². The highest BCUT2D eigenvalue weighted by Crippen LogP contribution is 2.21. The molecule has 29 heavy (non-hydrogen) atoms. The molecule has 6 heteroatoms. The maximum Gasteiger partial charge on any atom is 0.191 e. The van der Waals surface area contributed by atoms with Crippen LogP contribution in [0.2, 0.25) is 0 Å². The van der Waals surface area contributed by atoms with Crippen molar-refractivity contribution in [3.05, 3.63) is 59.2 Å². The Labute approximate surface area is 174 Å². The summed E-state index contributed by atoms with van der Waals surface area (Å²) in [4.78, 5) is 6.55. The van der Waals surface area contributed by atoms with E-state index in [1.165, 1.54) is 16.7 Å². The van der Waals surface area contributed by atoms with E-state index in [0.717, 1.165) is 37.0 Å². The van der Waals surface area contributed by atoms with Crippen LogP contribution in [0.4, 0.5) is 0 Å². The molecule has 0 aliphatic carbocycles. The van der Waals surface area contributed by atoms with Gasteiger partial charge in [0.2, 0.25) is 0 Å². The van der Waals surface area contributed by atoms with E-state index in [2.05, 4.69) is 65.8 Å². The first-order valence-corrected chi connectivity index (χ1v) is 9.87. The minimum Gasteiger partial charge on any atom is -0.497 e. The van der Waals surface area contributed by atoms with Crippen LogP contribution in [0, 0.1) is 6.92 Å². The second kappa shape index (κ2) is 11.3. The lowest BCUT2D eigenvalue weighted by atomic mass is 10.1. The lowest BCUT2D eigenvalue weighted by molar-refractivity contribution is 0.298. The van der Waals surface area contributed by atoms with E-state index in [1.54, 1.807) is 21.3 Å². The number of nitrogens with zero attached hydrogens (tertiary/aromatic N) is 2. The van der Waals surface area contributed by atoms with Crippen LogP contribution < -0.4 is 20.1 Å². The summed E-state index contributed by atoms with van der Waals surface area (Å²) in [5.74, 6) is 2.58. The number of hydrogen-bond acceptors (Lipinski definition) is 4. The molecule has 1 atom stereocenters. The van der Waals surface area contributed by atoms with Crippen LogP contribution in [-0.2, 0) is 6.42 Å². The molecule has 0 aliphatic heterocycles. The summed E-state index contributed by atoms with van der Waals surface area (Å²) < 4.78 is 10.7. The Morgan fingerprint density at radius 1 is 1.03 bits per heavy atom. The second-order valence-corrected chi connectivity index (χ2v) is 7.20. The molecule has 0 bridgehead atoms. The van der Waals surface area contributed by atoms with Crippen molar-refractivity contribution in [1.82, 2.24) is 15.5 Å². The summed E-state index contributed by atoms with van der Waals surface area (Å²) in [5, 5.41) is 6.84. The summed E-state index contributed by atoms with van der Waals surface area (Å²) >= 11 is 0. The Morgan fingerprint density at radius 3 is 2.34 bits per heavy atom. The van der Waals surface area contributed by atoms with Gasteiger partial charge in [-0.1, -0.05) is 29.8 Å². The Hall–Kier alpha value is -2.73. The van der Waals surface area contributed by atoms with Gasteiger partial charge in [-0.2, -0.15) is 0 Å². The van der Waals surface area contributed by atoms with Gasteiger partial charge >= 0.3 is 0 Å². The minimum absolute atomic E-state index is 0.219. The number of aliphatic imine (C=N–C) groups is 1. The molecule has 2 aromatic carbocycles. The fraction of sp³-hybridized carbons (Fsp3) is 0.435. The lowest BCUT2D eigenvalue weighted by Gasteiger charge is -2.26. The predicted octanol–water partition coefficient (Wildman–Crippen LogP) is 3.02. The number of rotatable bonds is 9. The van der Waals surface area contributed by atoms with Gasteiger partial charge in [0, 0.05) is 20.1 Å². The number of hydrogen-bond donors (Lipinski definition) is 2. The third-order valence-corrected chi connectivity index (χ3v) is 4.93. The summed E-state index contributed by atoms with van der Waals surface area (Å²) in [6.45, 7) is 3.61. The molecule has 2 N–H and O–H groups in total. The maximum atomic E-state index is 5.47. The number of methoxy groups -OCH3 is 2. The van der Waals surface area contributed by atoms with Gasteiger partial charge in [-0.3, -0.25) is 4.99 Å². The SMILES string of the molecule is CN=C(NCCc1cc(C)ccc1OC)NCC(c1ccc(OC)cc1)N(C)C. The van der Waals surface area contributed by atoms with Crippen molar-refractivity contribution >= 4 is 5.96 Å². The number of nitrogens with one attached hydrogen (secondary N) is 2. The van der Waals surface area contributed by atoms with Crippen LogP contribution in [0.1, 0.15) is 22.7 Å². The third kappa shape index (κ3) is 6.68. The largest absolute Gasteiger partial charge is 0.497 e. The molecule has 0 radical (unpaired) electrons. The molecule has 0 fully saturated rings. The Balaban J connectivity index is 1.92. The van der Waals surface area contributed by atoms with Crippen molar-refractivity contribution in [3.63, 3.8) is 0 Å². The molecule has 0 aromatic heterocycles. The van der Waals surface area contributed by atoms with Crippen molar-refractivity contribution in [3.8, 4) is 11.5 Å². The number of ether oxygens (including phenoxy) is 2. The highest BCUT2D eigenvalue weighted by atomic mass is 16.5. The molecular formula is C23H34N4O2. The third-order valence-electron chi connectivity index (χ3n) is 4.93. The van der Waals surface area contributed by atoms with E-state index in [0.29, 0.717) is 0 Å². The first-order chi connectivity index (χ1) is 14.0. The van der Waals surface area contributed by atoms with Gasteiger partial charge in [0.1, 0.15) is 11.5 Å². The van der Waals surface area contributed by atoms with Crippen LogP contribution in [0.3, 0.4) is 0 Å². The summed E-state index contributed by atoms with van der Waals surface area (Å²) in [7, 11) is 9.35. The number of aryl methyl sites for hydroxylation is 1. The highest BCUT2D eigenvalue weighted by Gasteiger charge is 2.15. The topological polar surface area (TPSA) is 58.1 Å². The van der Waals surface area contributed by atoms with Crippen LogP contribution >= 0.6 is 0 Å². The molecule has 0 heterocycles. The average Bonchev–Trinajstić information content (AvgIpc) is 2.73. The first kappa shape index (κ1) is 22.6. The molecule has 1 unspecified atom stereocenters. The molecular weight excluding hydrogens is 364 g/mol. The minimum atomic E-state index is 0.219. The van der Waals surface area contributed by atoms with Gasteiger partial charge in [0.15, 0.2) is 5.96 Å². The van der Waals surface area contributed by atoms with E-state index in [-0.39, 0.29) is 6.04 Å². The zero-order valence-corrected chi connectivity index (χ0v) is 18.5. The van der Waals surface area contributed by atoms with E-state index in [1.807, 2.05) is 18.2 Å². The van der Waals surface area contributed by atoms with Gasteiger partial charge < -0.3 is 25.0 Å². The quantitative estimate of drug-likeness (QED) is 0.502. The smallest absolute Gasteiger partial charge is 0.191 e. The van der Waals surface area contributed by atoms with Crippen LogP contribution in [0.15, 0.2) is 47.5 Å². The van der Waals surface area contributed by atoms with Crippen molar-refractivity contribution < 1.29 is 9.47 Å². The molecule has 6 nitrogen and oxygen atoms in total. The van der Waals surface area contributed by atoms with Gasteiger partial charge in [0.05, 0.1) is 20.3 Å². The van der Waals surface area contributed by atoms with Gasteiger partial charge in [-0.25, -0.2) is 0 Å². The summed E-state index contributed by atoms with van der Waals surface area (Å²) in [6, 6.07) is 14.7. The standard InChI is InChI=1S/C23H34N4O2/c1-17-7-12-22(29-6)19(15-17)13-14-25-23(24-2)26-16-21(27(3)4)18-8-10-20(28-5)11-9-18/h7-12,15,21H,13-14,16H2,1-6H3,(H2,24,25,26). The predicted molar refractivity (Wildman–Crippen MR) is 120 cm³/mol. The molecule has 0 aliphatic rings. The normalized spacial score (nSPS) is 12.6. The highest BCUT2D eigenvalue weighted by molar-refractivity contribution is 5.79. The van der Waals surface area contributed by atoms with Crippen LogP contribution in [0.25, 0.3) is 0 Å². The zero-order valence-electron chi connectivity index (χ0n) is 18.5. The zero-order chi connectivity index (χ0) is 21.2. The van der Waals surface area contributed by atoms with Gasteiger partial charge in [-0.15, -0.1) is 0 Å². The van der Waals surface area contributed by atoms with Crippen molar-refractivity contribution in [2.75, 3.05) is 48.5 Å². The van der Waals surface area contributed by atoms with Crippen LogP contribution in [-0.4, -0.2) is 59.3 Å². The summed E-state index contributed by atoms with van der Waals surface area (Å²) in [6.07, 6.45) is 0.862. The molecule has 0 saturated heterocycles. The van der Waals surface area contributed by atoms with Crippen molar-refractivity contribution in [1.29, 1.82) is 0 Å². The van der Waals surface area contributed by atoms with Crippen molar-refractivity contribution in [2.24, 2.45) is 4.99 Å². The molecule has 158 valence electrons. The van der Waals surface area contributed by atoms with E-state index in [9.17, 15) is 0 Å². The Bertz CT molecular complexity index is 788. The lowest BCUT2D eigenvalue weighted by Crippen LogP contribution is -2.42. The molecule has 2 aromatic rings.